The Kier molecular flexibility index (Phi) is 4.16. The lowest BCUT2D eigenvalue weighted by Gasteiger charge is -2.34. The lowest BCUT2D eigenvalue weighted by atomic mass is 9.95. The molecule has 0 radical (unpaired) electrons. The minimum Gasteiger partial charge on any atom is -0.325 e. The number of hydrogen-bond donors (Lipinski definition) is 2. The van der Waals surface area contributed by atoms with Gasteiger partial charge in [0.1, 0.15) is 0 Å². The number of piperidine rings is 1. The van der Waals surface area contributed by atoms with Crippen LogP contribution in [0.1, 0.15) is 17.8 Å². The minimum absolute atomic E-state index is 0.291. The molecule has 2 N–H and O–H groups in total. The van der Waals surface area contributed by atoms with Gasteiger partial charge in [-0.25, -0.2) is 13.4 Å². The molecular formula is C15H19N3O3S2. The molecule has 2 aromatic rings. The molecule has 1 aromatic heterocycles. The number of benzene rings is 1. The summed E-state index contributed by atoms with van der Waals surface area (Å²) in [7, 11) is -3.51. The van der Waals surface area contributed by atoms with Crippen molar-refractivity contribution in [1.82, 2.24) is 10.3 Å². The maximum Gasteiger partial charge on any atom is 0.245 e. The molecule has 1 amide bonds. The molecule has 1 fully saturated rings. The molecule has 2 heterocycles. The molecule has 0 aliphatic carbocycles. The van der Waals surface area contributed by atoms with Crippen molar-refractivity contribution in [2.45, 2.75) is 24.5 Å². The number of thiazole rings is 1. The number of carbonyl (C=O) groups is 1. The first-order chi connectivity index (χ1) is 10.8. The number of fused-ring (bicyclic) bond motifs is 1. The number of aryl methyl sites for hydroxylation is 1. The second-order valence-electron chi connectivity index (χ2n) is 5.89. The fraction of sp³-hybridized carbons (Fsp3) is 0.467. The van der Waals surface area contributed by atoms with Crippen molar-refractivity contribution >= 4 is 43.0 Å². The fourth-order valence-electron chi connectivity index (χ4n) is 2.96. The highest BCUT2D eigenvalue weighted by Crippen LogP contribution is 2.30. The van der Waals surface area contributed by atoms with E-state index in [1.54, 1.807) is 17.4 Å². The minimum atomic E-state index is -3.51. The molecule has 8 heteroatoms. The summed E-state index contributed by atoms with van der Waals surface area (Å²) in [4.78, 5) is 17.1. The summed E-state index contributed by atoms with van der Waals surface area (Å²) in [6.07, 6.45) is 1.73. The van der Waals surface area contributed by atoms with Crippen LogP contribution in [0.4, 0.5) is 5.69 Å². The summed E-state index contributed by atoms with van der Waals surface area (Å²) in [5.74, 6) is -0.443. The van der Waals surface area contributed by atoms with Crippen molar-refractivity contribution in [1.29, 1.82) is 0 Å². The van der Waals surface area contributed by atoms with Gasteiger partial charge in [-0.15, -0.1) is 11.3 Å². The number of anilines is 1. The van der Waals surface area contributed by atoms with E-state index in [4.69, 9.17) is 0 Å². The first-order valence-electron chi connectivity index (χ1n) is 7.41. The molecule has 6 nitrogen and oxygen atoms in total. The number of aromatic nitrogens is 1. The van der Waals surface area contributed by atoms with Gasteiger partial charge in [-0.3, -0.25) is 4.79 Å². The molecule has 0 bridgehead atoms. The maximum atomic E-state index is 12.7. The van der Waals surface area contributed by atoms with E-state index in [0.29, 0.717) is 31.6 Å². The van der Waals surface area contributed by atoms with Crippen LogP contribution in [0.15, 0.2) is 18.2 Å². The number of nitrogens with zero attached hydrogens (tertiary/aromatic N) is 1. The quantitative estimate of drug-likeness (QED) is 0.877. The van der Waals surface area contributed by atoms with Crippen LogP contribution in [0.3, 0.4) is 0 Å². The number of hydrogen-bond acceptors (Lipinski definition) is 6. The number of sulfone groups is 1. The molecule has 1 aliphatic heterocycles. The third-order valence-corrected chi connectivity index (χ3v) is 7.23. The number of carbonyl (C=O) groups excluding carboxylic acids is 1. The molecular weight excluding hydrogens is 334 g/mol. The summed E-state index contributed by atoms with van der Waals surface area (Å²) in [5.41, 5.74) is 1.48. The molecule has 0 atom stereocenters. The zero-order chi connectivity index (χ0) is 16.7. The van der Waals surface area contributed by atoms with Crippen LogP contribution in [0.5, 0.6) is 0 Å². The molecule has 1 saturated heterocycles. The maximum absolute atomic E-state index is 12.7. The predicted molar refractivity (Wildman–Crippen MR) is 92.7 cm³/mol. The van der Waals surface area contributed by atoms with Crippen molar-refractivity contribution in [2.75, 3.05) is 24.7 Å². The van der Waals surface area contributed by atoms with Gasteiger partial charge < -0.3 is 10.6 Å². The molecule has 124 valence electrons. The van der Waals surface area contributed by atoms with Crippen LogP contribution in [0.25, 0.3) is 10.2 Å². The van der Waals surface area contributed by atoms with E-state index in [0.717, 1.165) is 21.5 Å². The van der Waals surface area contributed by atoms with Crippen LogP contribution < -0.4 is 10.6 Å². The van der Waals surface area contributed by atoms with E-state index in [2.05, 4.69) is 15.6 Å². The zero-order valence-corrected chi connectivity index (χ0v) is 14.7. The zero-order valence-electron chi connectivity index (χ0n) is 13.0. The second kappa shape index (κ2) is 5.85. The molecule has 1 aromatic carbocycles. The largest absolute Gasteiger partial charge is 0.325 e. The molecule has 23 heavy (non-hydrogen) atoms. The highest BCUT2D eigenvalue weighted by atomic mass is 32.2. The average Bonchev–Trinajstić information content (AvgIpc) is 2.86. The highest BCUT2D eigenvalue weighted by Gasteiger charge is 2.48. The van der Waals surface area contributed by atoms with Gasteiger partial charge in [-0.1, -0.05) is 0 Å². The van der Waals surface area contributed by atoms with E-state index >= 15 is 0 Å². The second-order valence-corrected chi connectivity index (χ2v) is 9.45. The Balaban J connectivity index is 1.91. The fourth-order valence-corrected chi connectivity index (χ4v) is 5.16. The first-order valence-corrected chi connectivity index (χ1v) is 10.1. The van der Waals surface area contributed by atoms with Crippen molar-refractivity contribution < 1.29 is 13.2 Å². The Bertz CT molecular complexity index is 852. The van der Waals surface area contributed by atoms with Crippen LogP contribution in [-0.4, -0.2) is 43.4 Å². The highest BCUT2D eigenvalue weighted by molar-refractivity contribution is 7.92. The third kappa shape index (κ3) is 2.98. The molecule has 3 rings (SSSR count). The standard InChI is InChI=1S/C15H19N3O3S2/c1-10-17-12-4-3-11(9-13(12)22-10)18-14(19)15(23(2,20)21)5-7-16-8-6-15/h3-4,9,16H,5-8H2,1-2H3,(H,18,19). The number of amides is 1. The Morgan fingerprint density at radius 2 is 2.04 bits per heavy atom. The van der Waals surface area contributed by atoms with Crippen LogP contribution in [0.2, 0.25) is 0 Å². The summed E-state index contributed by atoms with van der Waals surface area (Å²) in [5, 5.41) is 6.85. The summed E-state index contributed by atoms with van der Waals surface area (Å²) < 4.78 is 24.1. The summed E-state index contributed by atoms with van der Waals surface area (Å²) >= 11 is 1.54. The lowest BCUT2D eigenvalue weighted by molar-refractivity contribution is -0.119. The van der Waals surface area contributed by atoms with Gasteiger partial charge >= 0.3 is 0 Å². The van der Waals surface area contributed by atoms with Crippen LogP contribution in [0, 0.1) is 6.92 Å². The molecule has 1 aliphatic rings. The monoisotopic (exact) mass is 353 g/mol. The Morgan fingerprint density at radius 1 is 1.35 bits per heavy atom. The van der Waals surface area contributed by atoms with Crippen molar-refractivity contribution in [3.05, 3.63) is 23.2 Å². The Morgan fingerprint density at radius 3 is 2.70 bits per heavy atom. The summed E-state index contributed by atoms with van der Waals surface area (Å²) in [6, 6.07) is 5.44. The van der Waals surface area contributed by atoms with E-state index in [9.17, 15) is 13.2 Å². The van der Waals surface area contributed by atoms with Crippen molar-refractivity contribution in [2.24, 2.45) is 0 Å². The molecule has 0 saturated carbocycles. The van der Waals surface area contributed by atoms with E-state index in [1.165, 1.54) is 0 Å². The normalized spacial score (nSPS) is 18.0. The number of nitrogens with one attached hydrogen (secondary N) is 2. The predicted octanol–water partition coefficient (Wildman–Crippen LogP) is 1.71. The van der Waals surface area contributed by atoms with Crippen LogP contribution >= 0.6 is 11.3 Å². The van der Waals surface area contributed by atoms with E-state index in [1.807, 2.05) is 19.1 Å². The topological polar surface area (TPSA) is 88.2 Å². The Hall–Kier alpha value is -1.51. The van der Waals surface area contributed by atoms with Gasteiger partial charge in [0.15, 0.2) is 14.6 Å². The molecule has 0 unspecified atom stereocenters. The molecule has 0 spiro atoms. The van der Waals surface area contributed by atoms with Gasteiger partial charge in [0, 0.05) is 11.9 Å². The van der Waals surface area contributed by atoms with Crippen LogP contribution in [-0.2, 0) is 14.6 Å². The smallest absolute Gasteiger partial charge is 0.245 e. The van der Waals surface area contributed by atoms with E-state index in [-0.39, 0.29) is 0 Å². The van der Waals surface area contributed by atoms with Gasteiger partial charge in [0.05, 0.1) is 15.2 Å². The van der Waals surface area contributed by atoms with Gasteiger partial charge in [0.25, 0.3) is 0 Å². The van der Waals surface area contributed by atoms with Gasteiger partial charge in [0.2, 0.25) is 5.91 Å². The summed E-state index contributed by atoms with van der Waals surface area (Å²) in [6.45, 7) is 2.97. The van der Waals surface area contributed by atoms with Gasteiger partial charge in [-0.2, -0.15) is 0 Å². The number of rotatable bonds is 3. The van der Waals surface area contributed by atoms with Crippen molar-refractivity contribution in [3.63, 3.8) is 0 Å². The lowest BCUT2D eigenvalue weighted by Crippen LogP contribution is -2.55. The average molecular weight is 353 g/mol. The first kappa shape index (κ1) is 16.4. The SMILES string of the molecule is Cc1nc2ccc(NC(=O)C3(S(C)(=O)=O)CCNCC3)cc2s1. The van der Waals surface area contributed by atoms with Crippen molar-refractivity contribution in [3.8, 4) is 0 Å². The van der Waals surface area contributed by atoms with Gasteiger partial charge in [-0.05, 0) is 51.1 Å². The Labute approximate surface area is 139 Å². The van der Waals surface area contributed by atoms with E-state index < -0.39 is 20.5 Å². The third-order valence-electron chi connectivity index (χ3n) is 4.29.